The van der Waals surface area contributed by atoms with E-state index < -0.39 is 0 Å². The van der Waals surface area contributed by atoms with Gasteiger partial charge in [-0.2, -0.15) is 0 Å². The van der Waals surface area contributed by atoms with Crippen molar-refractivity contribution in [3.8, 4) is 0 Å². The minimum absolute atomic E-state index is 0.0214. The largest absolute Gasteiger partial charge is 0.339 e. The fourth-order valence-corrected chi connectivity index (χ4v) is 3.99. The topological polar surface area (TPSA) is 60.9 Å². The number of piperazine rings is 1. The zero-order chi connectivity index (χ0) is 19.0. The van der Waals surface area contributed by atoms with Crippen molar-refractivity contribution in [2.75, 3.05) is 26.2 Å². The second kappa shape index (κ2) is 7.29. The summed E-state index contributed by atoms with van der Waals surface area (Å²) in [4.78, 5) is 42.5. The molecule has 1 saturated carbocycles. The van der Waals surface area contributed by atoms with Crippen molar-refractivity contribution in [1.29, 1.82) is 0 Å². The van der Waals surface area contributed by atoms with Gasteiger partial charge in [0.15, 0.2) is 0 Å². The first-order chi connectivity index (χ1) is 13.0. The Balaban J connectivity index is 1.34. The Morgan fingerprint density at radius 3 is 2.63 bits per heavy atom. The highest BCUT2D eigenvalue weighted by Crippen LogP contribution is 2.32. The average molecular weight is 373 g/mol. The number of halogens is 1. The summed E-state index contributed by atoms with van der Waals surface area (Å²) in [7, 11) is 0. The van der Waals surface area contributed by atoms with Gasteiger partial charge in [-0.1, -0.05) is 12.1 Å². The van der Waals surface area contributed by atoms with Crippen molar-refractivity contribution < 1.29 is 18.8 Å². The monoisotopic (exact) mass is 373 g/mol. The molecule has 27 heavy (non-hydrogen) atoms. The van der Waals surface area contributed by atoms with Gasteiger partial charge in [0.1, 0.15) is 5.82 Å². The van der Waals surface area contributed by atoms with E-state index in [0.717, 1.165) is 18.4 Å². The molecule has 3 amide bonds. The van der Waals surface area contributed by atoms with Crippen LogP contribution in [-0.4, -0.2) is 64.6 Å². The van der Waals surface area contributed by atoms with Crippen LogP contribution in [0.15, 0.2) is 24.3 Å². The number of nitrogens with zero attached hydrogens (tertiary/aromatic N) is 3. The Labute approximate surface area is 157 Å². The van der Waals surface area contributed by atoms with Crippen LogP contribution in [0.3, 0.4) is 0 Å². The molecule has 1 unspecified atom stereocenters. The number of carbonyl (C=O) groups is 3. The van der Waals surface area contributed by atoms with E-state index in [-0.39, 0.29) is 36.0 Å². The van der Waals surface area contributed by atoms with Crippen molar-refractivity contribution >= 4 is 17.7 Å². The van der Waals surface area contributed by atoms with Gasteiger partial charge in [0.25, 0.3) is 0 Å². The fraction of sp³-hybridized carbons (Fsp3) is 0.550. The van der Waals surface area contributed by atoms with E-state index in [4.69, 9.17) is 0 Å². The molecule has 7 heteroatoms. The lowest BCUT2D eigenvalue weighted by molar-refractivity contribution is -0.151. The van der Waals surface area contributed by atoms with E-state index in [0.29, 0.717) is 45.1 Å². The van der Waals surface area contributed by atoms with Gasteiger partial charge in [0, 0.05) is 38.6 Å². The maximum atomic E-state index is 13.3. The highest BCUT2D eigenvalue weighted by Gasteiger charge is 2.40. The number of amides is 3. The minimum atomic E-state index is -0.319. The fourth-order valence-electron chi connectivity index (χ4n) is 3.99. The van der Waals surface area contributed by atoms with Gasteiger partial charge in [-0.05, 0) is 37.0 Å². The first-order valence-electron chi connectivity index (χ1n) is 9.62. The second-order valence-corrected chi connectivity index (χ2v) is 7.72. The molecule has 0 radical (unpaired) electrons. The second-order valence-electron chi connectivity index (χ2n) is 7.72. The molecule has 144 valence electrons. The van der Waals surface area contributed by atoms with E-state index in [1.54, 1.807) is 21.9 Å². The molecule has 0 aromatic heterocycles. The van der Waals surface area contributed by atoms with Crippen LogP contribution < -0.4 is 0 Å². The SMILES string of the molecule is O=C1CN(C(=O)C2CCC(=O)N(C3CC3)C2)CCN1Cc1cccc(F)c1. The molecule has 2 aliphatic heterocycles. The lowest BCUT2D eigenvalue weighted by Crippen LogP contribution is -2.55. The first kappa shape index (κ1) is 17.9. The molecular formula is C20H24FN3O3. The van der Waals surface area contributed by atoms with Crippen molar-refractivity contribution in [1.82, 2.24) is 14.7 Å². The Morgan fingerprint density at radius 2 is 1.93 bits per heavy atom. The summed E-state index contributed by atoms with van der Waals surface area (Å²) in [5.74, 6) is -0.513. The van der Waals surface area contributed by atoms with Crippen LogP contribution in [0, 0.1) is 11.7 Å². The molecule has 0 spiro atoms. The van der Waals surface area contributed by atoms with E-state index in [2.05, 4.69) is 0 Å². The van der Waals surface area contributed by atoms with Crippen LogP contribution in [-0.2, 0) is 20.9 Å². The average Bonchev–Trinajstić information content (AvgIpc) is 3.48. The van der Waals surface area contributed by atoms with Crippen molar-refractivity contribution in [3.05, 3.63) is 35.6 Å². The number of hydrogen-bond donors (Lipinski definition) is 0. The van der Waals surface area contributed by atoms with Gasteiger partial charge < -0.3 is 14.7 Å². The van der Waals surface area contributed by atoms with Crippen LogP contribution in [0.4, 0.5) is 4.39 Å². The Bertz CT molecular complexity index is 765. The van der Waals surface area contributed by atoms with Crippen molar-refractivity contribution in [2.24, 2.45) is 5.92 Å². The van der Waals surface area contributed by atoms with E-state index in [1.807, 2.05) is 4.90 Å². The van der Waals surface area contributed by atoms with Gasteiger partial charge in [-0.3, -0.25) is 14.4 Å². The number of rotatable bonds is 4. The number of benzene rings is 1. The van der Waals surface area contributed by atoms with Gasteiger partial charge in [0.2, 0.25) is 17.7 Å². The van der Waals surface area contributed by atoms with Crippen LogP contribution in [0.25, 0.3) is 0 Å². The predicted octanol–water partition coefficient (Wildman–Crippen LogP) is 1.40. The predicted molar refractivity (Wildman–Crippen MR) is 95.9 cm³/mol. The zero-order valence-corrected chi connectivity index (χ0v) is 15.3. The van der Waals surface area contributed by atoms with Gasteiger partial charge in [-0.25, -0.2) is 4.39 Å². The van der Waals surface area contributed by atoms with Crippen LogP contribution in [0.1, 0.15) is 31.2 Å². The molecule has 1 aromatic rings. The lowest BCUT2D eigenvalue weighted by Gasteiger charge is -2.38. The number of likely N-dealkylation sites (tertiary alicyclic amines) is 1. The smallest absolute Gasteiger partial charge is 0.242 e. The summed E-state index contributed by atoms with van der Waals surface area (Å²) in [6.45, 7) is 1.82. The van der Waals surface area contributed by atoms with Gasteiger partial charge in [-0.15, -0.1) is 0 Å². The summed E-state index contributed by atoms with van der Waals surface area (Å²) >= 11 is 0. The molecule has 3 fully saturated rings. The third kappa shape index (κ3) is 3.96. The molecule has 0 bridgehead atoms. The number of piperidine rings is 1. The van der Waals surface area contributed by atoms with E-state index in [9.17, 15) is 18.8 Å². The highest BCUT2D eigenvalue weighted by molar-refractivity contribution is 5.88. The Hall–Kier alpha value is -2.44. The van der Waals surface area contributed by atoms with E-state index >= 15 is 0 Å². The third-order valence-electron chi connectivity index (χ3n) is 5.67. The maximum Gasteiger partial charge on any atom is 0.242 e. The molecule has 2 saturated heterocycles. The van der Waals surface area contributed by atoms with Crippen LogP contribution >= 0.6 is 0 Å². The minimum Gasteiger partial charge on any atom is -0.339 e. The van der Waals surface area contributed by atoms with E-state index in [1.165, 1.54) is 12.1 Å². The number of carbonyl (C=O) groups excluding carboxylic acids is 3. The summed E-state index contributed by atoms with van der Waals surface area (Å²) in [5.41, 5.74) is 0.744. The molecule has 0 N–H and O–H groups in total. The Kier molecular flexibility index (Phi) is 4.85. The molecule has 2 heterocycles. The van der Waals surface area contributed by atoms with Crippen molar-refractivity contribution in [3.63, 3.8) is 0 Å². The first-order valence-corrected chi connectivity index (χ1v) is 9.62. The molecular weight excluding hydrogens is 349 g/mol. The summed E-state index contributed by atoms with van der Waals surface area (Å²) in [5, 5.41) is 0. The normalized spacial score (nSPS) is 23.7. The quantitative estimate of drug-likeness (QED) is 0.802. The highest BCUT2D eigenvalue weighted by atomic mass is 19.1. The summed E-state index contributed by atoms with van der Waals surface area (Å²) < 4.78 is 13.3. The zero-order valence-electron chi connectivity index (χ0n) is 15.3. The van der Waals surface area contributed by atoms with Crippen LogP contribution in [0.5, 0.6) is 0 Å². The molecule has 1 atom stereocenters. The Morgan fingerprint density at radius 1 is 1.11 bits per heavy atom. The van der Waals surface area contributed by atoms with Gasteiger partial charge >= 0.3 is 0 Å². The lowest BCUT2D eigenvalue weighted by atomic mass is 9.95. The van der Waals surface area contributed by atoms with Crippen molar-refractivity contribution in [2.45, 2.75) is 38.3 Å². The van der Waals surface area contributed by atoms with Gasteiger partial charge in [0.05, 0.1) is 12.5 Å². The molecule has 6 nitrogen and oxygen atoms in total. The molecule has 4 rings (SSSR count). The number of hydrogen-bond acceptors (Lipinski definition) is 3. The summed E-state index contributed by atoms with van der Waals surface area (Å²) in [6.07, 6.45) is 3.05. The standard InChI is InChI=1S/C20H24FN3O3/c21-16-3-1-2-14(10-16)11-22-8-9-23(13-19(22)26)20(27)15-4-7-18(25)24(12-15)17-5-6-17/h1-3,10,15,17H,4-9,11-13H2. The van der Waals surface area contributed by atoms with Crippen LogP contribution in [0.2, 0.25) is 0 Å². The maximum absolute atomic E-state index is 13.3. The third-order valence-corrected chi connectivity index (χ3v) is 5.67. The molecule has 3 aliphatic rings. The molecule has 1 aromatic carbocycles. The molecule has 1 aliphatic carbocycles. The summed E-state index contributed by atoms with van der Waals surface area (Å²) in [6, 6.07) is 6.54.